The molecule has 5 N–H and O–H groups in total. The minimum atomic E-state index is -4.62. The first-order valence-electron chi connectivity index (χ1n) is 10.7. The number of urea groups is 1. The number of nitrogens with one attached hydrogen (secondary N) is 3. The minimum Gasteiger partial charge on any atom is -0.507 e. The zero-order chi connectivity index (χ0) is 27.7. The number of fused-ring (bicyclic) bond motifs is 1. The number of amides is 3. The number of rotatable bonds is 5. The molecule has 0 atom stereocenters. The number of phenols is 1. The third kappa shape index (κ3) is 5.85. The molecular weight excluding hydrogens is 527 g/mol. The van der Waals surface area contributed by atoms with Gasteiger partial charge in [-0.3, -0.25) is 9.35 Å². The van der Waals surface area contributed by atoms with Gasteiger partial charge < -0.3 is 21.1 Å². The highest BCUT2D eigenvalue weighted by molar-refractivity contribution is 7.86. The Morgan fingerprint density at radius 2 is 1.42 bits per heavy atom. The Morgan fingerprint density at radius 1 is 0.789 bits per heavy atom. The summed E-state index contributed by atoms with van der Waals surface area (Å²) in [6, 6.07) is 15.1. The van der Waals surface area contributed by atoms with Crippen molar-refractivity contribution in [1.29, 1.82) is 0 Å². The van der Waals surface area contributed by atoms with Crippen LogP contribution in [0.3, 0.4) is 0 Å². The second kappa shape index (κ2) is 10.0. The summed E-state index contributed by atoms with van der Waals surface area (Å²) in [5.74, 6) is -1.03. The van der Waals surface area contributed by atoms with Crippen molar-refractivity contribution in [3.63, 3.8) is 0 Å². The van der Waals surface area contributed by atoms with E-state index in [9.17, 15) is 40.8 Å². The van der Waals surface area contributed by atoms with E-state index in [1.165, 1.54) is 54.6 Å². The molecule has 0 radical (unpaired) electrons. The molecule has 4 aromatic carbocycles. The van der Waals surface area contributed by atoms with Crippen LogP contribution in [0.2, 0.25) is 0 Å². The Labute approximate surface area is 213 Å². The van der Waals surface area contributed by atoms with Crippen molar-refractivity contribution in [2.45, 2.75) is 11.1 Å². The third-order valence-electron chi connectivity index (χ3n) is 5.34. The van der Waals surface area contributed by atoms with E-state index in [4.69, 9.17) is 0 Å². The average molecular weight is 545 g/mol. The first-order valence-corrected chi connectivity index (χ1v) is 12.2. The van der Waals surface area contributed by atoms with Crippen molar-refractivity contribution in [1.82, 2.24) is 0 Å². The number of hydrogen-bond donors (Lipinski definition) is 5. The molecule has 0 aliphatic heterocycles. The summed E-state index contributed by atoms with van der Waals surface area (Å²) in [5, 5.41) is 17.5. The Morgan fingerprint density at radius 3 is 2.08 bits per heavy atom. The minimum absolute atomic E-state index is 0.0213. The van der Waals surface area contributed by atoms with E-state index in [0.29, 0.717) is 0 Å². The number of alkyl halides is 3. The van der Waals surface area contributed by atoms with Gasteiger partial charge >= 0.3 is 12.2 Å². The van der Waals surface area contributed by atoms with Crippen LogP contribution in [0.1, 0.15) is 15.9 Å². The van der Waals surface area contributed by atoms with E-state index in [-0.39, 0.29) is 39.1 Å². The molecule has 0 saturated heterocycles. The molecule has 0 aliphatic carbocycles. The second-order valence-electron chi connectivity index (χ2n) is 7.98. The summed E-state index contributed by atoms with van der Waals surface area (Å²) < 4.78 is 71.6. The first-order chi connectivity index (χ1) is 17.8. The van der Waals surface area contributed by atoms with Gasteiger partial charge in [0.15, 0.2) is 0 Å². The summed E-state index contributed by atoms with van der Waals surface area (Å²) in [5.41, 5.74) is -0.764. The van der Waals surface area contributed by atoms with Crippen LogP contribution in [0.25, 0.3) is 10.8 Å². The molecule has 4 rings (SSSR count). The molecule has 0 heterocycles. The van der Waals surface area contributed by atoms with Crippen molar-refractivity contribution >= 4 is 49.9 Å². The number of aromatic hydroxyl groups is 1. The van der Waals surface area contributed by atoms with E-state index >= 15 is 0 Å². The fraction of sp³-hybridized carbons (Fsp3) is 0.0400. The smallest absolute Gasteiger partial charge is 0.416 e. The lowest BCUT2D eigenvalue weighted by Crippen LogP contribution is -2.20. The van der Waals surface area contributed by atoms with Crippen molar-refractivity contribution in [2.24, 2.45) is 0 Å². The van der Waals surface area contributed by atoms with E-state index in [1.807, 2.05) is 0 Å². The highest BCUT2D eigenvalue weighted by Crippen LogP contribution is 2.36. The van der Waals surface area contributed by atoms with Gasteiger partial charge in [0, 0.05) is 27.7 Å². The summed E-state index contributed by atoms with van der Waals surface area (Å²) in [6.07, 6.45) is -4.58. The molecule has 0 aliphatic rings. The maximum Gasteiger partial charge on any atom is 0.416 e. The van der Waals surface area contributed by atoms with Crippen LogP contribution in [0.15, 0.2) is 83.8 Å². The van der Waals surface area contributed by atoms with Crippen LogP contribution in [-0.2, 0) is 16.3 Å². The maximum atomic E-state index is 12.9. The highest BCUT2D eigenvalue weighted by atomic mass is 32.2. The monoisotopic (exact) mass is 545 g/mol. The topological polar surface area (TPSA) is 145 Å². The molecule has 13 heteroatoms. The normalized spacial score (nSPS) is 11.7. The van der Waals surface area contributed by atoms with Crippen molar-refractivity contribution in [2.75, 3.05) is 16.0 Å². The Bertz CT molecular complexity index is 1670. The predicted molar refractivity (Wildman–Crippen MR) is 134 cm³/mol. The number of carbonyl (C=O) groups is 2. The van der Waals surface area contributed by atoms with Crippen LogP contribution < -0.4 is 16.0 Å². The van der Waals surface area contributed by atoms with Crippen molar-refractivity contribution < 1.29 is 40.8 Å². The third-order valence-corrected chi connectivity index (χ3v) is 6.25. The van der Waals surface area contributed by atoms with Crippen LogP contribution in [0, 0.1) is 0 Å². The second-order valence-corrected chi connectivity index (χ2v) is 9.37. The number of anilines is 3. The molecule has 0 saturated carbocycles. The van der Waals surface area contributed by atoms with Crippen molar-refractivity contribution in [3.05, 3.63) is 90.0 Å². The van der Waals surface area contributed by atoms with E-state index in [0.717, 1.165) is 24.3 Å². The molecule has 0 unspecified atom stereocenters. The number of benzene rings is 4. The van der Waals surface area contributed by atoms with Crippen LogP contribution >= 0.6 is 0 Å². The molecule has 0 bridgehead atoms. The summed E-state index contributed by atoms with van der Waals surface area (Å²) in [7, 11) is -4.62. The standard InChI is InChI=1S/C25H18F3N3O6S/c26-25(27,28)15-5-2-7-17(13-15)30-24(34)29-16-6-1-4-14(12-16)23(33)31-19-10-11-21(38(35,36)37)18-8-3-9-20(32)22(18)19/h1-13,32H,(H,31,33)(H2,29,30,34)(H,35,36,37). The molecule has 4 aromatic rings. The van der Waals surface area contributed by atoms with Gasteiger partial charge in [0.25, 0.3) is 16.0 Å². The number of halogens is 3. The van der Waals surface area contributed by atoms with Gasteiger partial charge in [-0.1, -0.05) is 24.3 Å². The highest BCUT2D eigenvalue weighted by Gasteiger charge is 2.30. The Kier molecular flexibility index (Phi) is 6.98. The van der Waals surface area contributed by atoms with Gasteiger partial charge in [0.1, 0.15) is 10.6 Å². The lowest BCUT2D eigenvalue weighted by Gasteiger charge is -2.13. The molecule has 9 nitrogen and oxygen atoms in total. The van der Waals surface area contributed by atoms with Gasteiger partial charge in [-0.15, -0.1) is 0 Å². The van der Waals surface area contributed by atoms with Crippen LogP contribution in [-0.4, -0.2) is 30.0 Å². The number of hydrogen-bond acceptors (Lipinski definition) is 5. The molecule has 3 amide bonds. The average Bonchev–Trinajstić information content (AvgIpc) is 2.83. The Balaban J connectivity index is 1.53. The lowest BCUT2D eigenvalue weighted by molar-refractivity contribution is -0.137. The SMILES string of the molecule is O=C(Nc1cccc(C(=O)Nc2ccc(S(=O)(=O)O)c3cccc(O)c23)c1)Nc1cccc(C(F)(F)F)c1. The zero-order valence-corrected chi connectivity index (χ0v) is 19.9. The van der Waals surface area contributed by atoms with Crippen LogP contribution in [0.5, 0.6) is 5.75 Å². The molecule has 196 valence electrons. The number of phenolic OH excluding ortho intramolecular Hbond substituents is 1. The molecule has 0 fully saturated rings. The summed E-state index contributed by atoms with van der Waals surface area (Å²) in [6.45, 7) is 0. The fourth-order valence-corrected chi connectivity index (χ4v) is 4.38. The molecule has 0 spiro atoms. The first kappa shape index (κ1) is 26.4. The largest absolute Gasteiger partial charge is 0.507 e. The van der Waals surface area contributed by atoms with Crippen molar-refractivity contribution in [3.8, 4) is 5.75 Å². The van der Waals surface area contributed by atoms with E-state index in [1.54, 1.807) is 0 Å². The molecular formula is C25H18F3N3O6S. The maximum absolute atomic E-state index is 12.9. The van der Waals surface area contributed by atoms with Gasteiger partial charge in [-0.05, 0) is 54.6 Å². The van der Waals surface area contributed by atoms with Gasteiger partial charge in [0.05, 0.1) is 11.3 Å². The van der Waals surface area contributed by atoms with Crippen LogP contribution in [0.4, 0.5) is 35.0 Å². The van der Waals surface area contributed by atoms with E-state index in [2.05, 4.69) is 16.0 Å². The fourth-order valence-electron chi connectivity index (χ4n) is 3.69. The van der Waals surface area contributed by atoms with Gasteiger partial charge in [-0.2, -0.15) is 21.6 Å². The number of carbonyl (C=O) groups excluding carboxylic acids is 2. The van der Waals surface area contributed by atoms with Gasteiger partial charge in [-0.25, -0.2) is 4.79 Å². The summed E-state index contributed by atoms with van der Waals surface area (Å²) >= 11 is 0. The lowest BCUT2D eigenvalue weighted by atomic mass is 10.1. The van der Waals surface area contributed by atoms with Gasteiger partial charge in [0.2, 0.25) is 0 Å². The molecule has 38 heavy (non-hydrogen) atoms. The zero-order valence-electron chi connectivity index (χ0n) is 19.1. The molecule has 0 aromatic heterocycles. The predicted octanol–water partition coefficient (Wildman–Crippen LogP) is 5.71. The quantitative estimate of drug-likeness (QED) is 0.203. The van der Waals surface area contributed by atoms with E-state index < -0.39 is 38.7 Å². The Hall–Kier alpha value is -4.62. The summed E-state index contributed by atoms with van der Waals surface area (Å²) in [4.78, 5) is 24.8.